The Balaban J connectivity index is 2.01. The molecule has 1 aromatic heterocycles. The van der Waals surface area contributed by atoms with E-state index < -0.39 is 0 Å². The second-order valence-electron chi connectivity index (χ2n) is 8.37. The lowest BCUT2D eigenvalue weighted by Gasteiger charge is -2.30. The second kappa shape index (κ2) is 8.01. The van der Waals surface area contributed by atoms with E-state index in [4.69, 9.17) is 16.6 Å². The van der Waals surface area contributed by atoms with Crippen LogP contribution in [0.2, 0.25) is 5.02 Å². The molecule has 1 atom stereocenters. The molecule has 28 heavy (non-hydrogen) atoms. The normalized spacial score (nSPS) is 14.6. The van der Waals surface area contributed by atoms with Crippen molar-refractivity contribution in [1.29, 1.82) is 0 Å². The molecule has 1 aliphatic rings. The Hall–Kier alpha value is -2.25. The van der Waals surface area contributed by atoms with E-state index in [-0.39, 0.29) is 24.1 Å². The van der Waals surface area contributed by atoms with Crippen LogP contribution in [0.25, 0.3) is 0 Å². The fourth-order valence-electron chi connectivity index (χ4n) is 3.04. The van der Waals surface area contributed by atoms with E-state index in [0.29, 0.717) is 23.5 Å². The molecule has 0 fully saturated rings. The first-order valence-electron chi connectivity index (χ1n) is 9.51. The number of nitrogens with zero attached hydrogens (tertiary/aromatic N) is 3. The largest absolute Gasteiger partial charge is 0.394 e. The van der Waals surface area contributed by atoms with Crippen LogP contribution in [0.4, 0.5) is 29.0 Å². The molecule has 3 rings (SSSR count). The van der Waals surface area contributed by atoms with Crippen LogP contribution in [-0.2, 0) is 0 Å². The first-order valence-corrected chi connectivity index (χ1v) is 9.89. The van der Waals surface area contributed by atoms with Crippen molar-refractivity contribution in [3.8, 4) is 0 Å². The van der Waals surface area contributed by atoms with Crippen molar-refractivity contribution < 1.29 is 5.11 Å². The molecular weight excluding hydrogens is 376 g/mol. The number of nitrogens with one attached hydrogen (secondary N) is 3. The first-order chi connectivity index (χ1) is 13.2. The second-order valence-corrected chi connectivity index (χ2v) is 8.81. The zero-order valence-corrected chi connectivity index (χ0v) is 17.8. The van der Waals surface area contributed by atoms with Crippen molar-refractivity contribution in [3.63, 3.8) is 0 Å². The third-order valence-electron chi connectivity index (χ3n) is 4.83. The number of aliphatic hydroxyl groups excluding tert-OH is 1. The number of hydrogen-bond donors (Lipinski definition) is 4. The lowest BCUT2D eigenvalue weighted by atomic mass is 9.87. The van der Waals surface area contributed by atoms with Crippen LogP contribution in [-0.4, -0.2) is 40.4 Å². The lowest BCUT2D eigenvalue weighted by Crippen LogP contribution is -2.38. The summed E-state index contributed by atoms with van der Waals surface area (Å²) in [6.07, 6.45) is 0. The molecule has 2 heterocycles. The molecule has 0 amide bonds. The highest BCUT2D eigenvalue weighted by atomic mass is 35.5. The number of aromatic nitrogens is 2. The van der Waals surface area contributed by atoms with E-state index in [9.17, 15) is 5.11 Å². The van der Waals surface area contributed by atoms with Crippen LogP contribution in [0.15, 0.2) is 24.3 Å². The molecule has 2 aromatic rings. The zero-order valence-electron chi connectivity index (χ0n) is 17.0. The summed E-state index contributed by atoms with van der Waals surface area (Å²) in [5, 5.41) is 20.5. The number of aliphatic hydroxyl groups is 1. The Labute approximate surface area is 171 Å². The van der Waals surface area contributed by atoms with Gasteiger partial charge < -0.3 is 26.0 Å². The van der Waals surface area contributed by atoms with Crippen molar-refractivity contribution in [2.45, 2.75) is 46.7 Å². The molecular formula is C20H29ClN6O. The van der Waals surface area contributed by atoms with Crippen molar-refractivity contribution in [3.05, 3.63) is 29.3 Å². The summed E-state index contributed by atoms with van der Waals surface area (Å²) >= 11 is 6.13. The maximum Gasteiger partial charge on any atom is 0.227 e. The topological polar surface area (TPSA) is 85.3 Å². The molecule has 0 radical (unpaired) electrons. The van der Waals surface area contributed by atoms with Gasteiger partial charge in [0.1, 0.15) is 5.69 Å². The van der Waals surface area contributed by atoms with Crippen LogP contribution in [0, 0.1) is 5.41 Å². The molecule has 0 spiro atoms. The summed E-state index contributed by atoms with van der Waals surface area (Å²) in [7, 11) is 0. The summed E-state index contributed by atoms with van der Waals surface area (Å²) in [6, 6.07) is 7.62. The predicted molar refractivity (Wildman–Crippen MR) is 117 cm³/mol. The van der Waals surface area contributed by atoms with Gasteiger partial charge in [-0.1, -0.05) is 38.4 Å². The fraction of sp³-hybridized carbons (Fsp3) is 0.500. The molecule has 0 unspecified atom stereocenters. The van der Waals surface area contributed by atoms with Gasteiger partial charge in [0.2, 0.25) is 5.95 Å². The van der Waals surface area contributed by atoms with E-state index in [1.165, 1.54) is 0 Å². The molecule has 152 valence electrons. The number of benzene rings is 1. The summed E-state index contributed by atoms with van der Waals surface area (Å²) in [4.78, 5) is 11.6. The van der Waals surface area contributed by atoms with Gasteiger partial charge in [-0.25, -0.2) is 0 Å². The molecule has 1 aromatic carbocycles. The van der Waals surface area contributed by atoms with Gasteiger partial charge in [0.25, 0.3) is 0 Å². The Bertz CT molecular complexity index is 836. The van der Waals surface area contributed by atoms with E-state index in [0.717, 1.165) is 17.2 Å². The predicted octanol–water partition coefficient (Wildman–Crippen LogP) is 4.29. The zero-order chi connectivity index (χ0) is 20.5. The quantitative estimate of drug-likeness (QED) is 0.571. The minimum atomic E-state index is -0.175. The van der Waals surface area contributed by atoms with Crippen molar-refractivity contribution in [2.75, 3.05) is 34.1 Å². The molecule has 4 N–H and O–H groups in total. The van der Waals surface area contributed by atoms with Crippen molar-refractivity contribution in [1.82, 2.24) is 9.97 Å². The van der Waals surface area contributed by atoms with Crippen LogP contribution in [0.5, 0.6) is 0 Å². The van der Waals surface area contributed by atoms with Crippen molar-refractivity contribution in [2.24, 2.45) is 5.41 Å². The average Bonchev–Trinajstić information content (AvgIpc) is 3.03. The molecule has 0 aliphatic carbocycles. The third-order valence-corrected chi connectivity index (χ3v) is 5.07. The van der Waals surface area contributed by atoms with E-state index >= 15 is 0 Å². The van der Waals surface area contributed by atoms with Gasteiger partial charge in [0.05, 0.1) is 19.3 Å². The average molecular weight is 405 g/mol. The SMILES string of the molecule is CC(C)N1CNc2c(Nc3cccc(Cl)c3)nc(N[C@H](CO)C(C)(C)C)nc21. The summed E-state index contributed by atoms with van der Waals surface area (Å²) in [5.74, 6) is 1.98. The maximum atomic E-state index is 9.82. The standard InChI is InChI=1S/C20H29ClN6O/c1-12(2)27-11-22-16-17(23-14-8-6-7-13(21)9-14)25-19(26-18(16)27)24-15(10-28)20(3,4)5/h6-9,12,15,22,28H,10-11H2,1-5H3,(H2,23,24,25,26)/t15-/m1/s1. The number of anilines is 5. The number of hydrogen-bond acceptors (Lipinski definition) is 7. The van der Waals surface area contributed by atoms with Crippen molar-refractivity contribution >= 4 is 40.6 Å². The fourth-order valence-corrected chi connectivity index (χ4v) is 3.23. The maximum absolute atomic E-state index is 9.82. The Morgan fingerprint density at radius 1 is 1.29 bits per heavy atom. The van der Waals surface area contributed by atoms with Crippen LogP contribution < -0.4 is 20.9 Å². The molecule has 7 nitrogen and oxygen atoms in total. The van der Waals surface area contributed by atoms with Crippen LogP contribution in [0.1, 0.15) is 34.6 Å². The van der Waals surface area contributed by atoms with Gasteiger partial charge in [0.15, 0.2) is 11.6 Å². The van der Waals surface area contributed by atoms with E-state index in [1.54, 1.807) is 0 Å². The van der Waals surface area contributed by atoms with E-state index in [2.05, 4.69) is 60.5 Å². The molecule has 0 saturated carbocycles. The van der Waals surface area contributed by atoms with Gasteiger partial charge in [-0.15, -0.1) is 0 Å². The first kappa shape index (κ1) is 20.5. The monoisotopic (exact) mass is 404 g/mol. The van der Waals surface area contributed by atoms with Gasteiger partial charge in [-0.05, 0) is 37.5 Å². The third kappa shape index (κ3) is 4.42. The Kier molecular flexibility index (Phi) is 5.86. The van der Waals surface area contributed by atoms with Gasteiger partial charge in [0, 0.05) is 16.8 Å². The summed E-state index contributed by atoms with van der Waals surface area (Å²) in [6.45, 7) is 11.1. The number of rotatable bonds is 6. The summed E-state index contributed by atoms with van der Waals surface area (Å²) in [5.41, 5.74) is 1.56. The molecule has 0 saturated heterocycles. The minimum absolute atomic E-state index is 0.00680. The molecule has 8 heteroatoms. The molecule has 0 bridgehead atoms. The van der Waals surface area contributed by atoms with Gasteiger partial charge in [-0.3, -0.25) is 0 Å². The number of halogens is 1. The highest BCUT2D eigenvalue weighted by Crippen LogP contribution is 2.39. The highest BCUT2D eigenvalue weighted by Gasteiger charge is 2.29. The number of fused-ring (bicyclic) bond motifs is 1. The van der Waals surface area contributed by atoms with Crippen LogP contribution in [0.3, 0.4) is 0 Å². The smallest absolute Gasteiger partial charge is 0.227 e. The summed E-state index contributed by atoms with van der Waals surface area (Å²) < 4.78 is 0. The highest BCUT2D eigenvalue weighted by molar-refractivity contribution is 6.30. The van der Waals surface area contributed by atoms with E-state index in [1.807, 2.05) is 24.3 Å². The lowest BCUT2D eigenvalue weighted by molar-refractivity contribution is 0.201. The van der Waals surface area contributed by atoms with Crippen LogP contribution >= 0.6 is 11.6 Å². The molecule has 1 aliphatic heterocycles. The Morgan fingerprint density at radius 3 is 2.64 bits per heavy atom. The van der Waals surface area contributed by atoms with Gasteiger partial charge in [-0.2, -0.15) is 9.97 Å². The Morgan fingerprint density at radius 2 is 2.04 bits per heavy atom. The van der Waals surface area contributed by atoms with Gasteiger partial charge >= 0.3 is 0 Å². The minimum Gasteiger partial charge on any atom is -0.394 e.